The number of nitrogens with zero attached hydrogens (tertiary/aromatic N) is 3. The Labute approximate surface area is 99.1 Å². The molecule has 0 radical (unpaired) electrons. The molecule has 4 nitrogen and oxygen atoms in total. The lowest BCUT2D eigenvalue weighted by Crippen LogP contribution is -1.87. The van der Waals surface area contributed by atoms with Gasteiger partial charge in [0, 0.05) is 12.4 Å². The predicted molar refractivity (Wildman–Crippen MR) is 67.1 cm³/mol. The smallest absolute Gasteiger partial charge is 0.104 e. The topological polar surface area (TPSA) is 75.1 Å². The third kappa shape index (κ3) is 2.67. The average Bonchev–Trinajstić information content (AvgIpc) is 2.38. The van der Waals surface area contributed by atoms with Crippen molar-refractivity contribution >= 4 is 17.6 Å². The van der Waals surface area contributed by atoms with Crippen LogP contribution in [-0.4, -0.2) is 11.2 Å². The van der Waals surface area contributed by atoms with Gasteiger partial charge in [0.2, 0.25) is 0 Å². The van der Waals surface area contributed by atoms with Gasteiger partial charge >= 0.3 is 0 Å². The Morgan fingerprint density at radius 1 is 1.24 bits per heavy atom. The van der Waals surface area contributed by atoms with Crippen molar-refractivity contribution in [2.45, 2.75) is 0 Å². The van der Waals surface area contributed by atoms with E-state index in [9.17, 15) is 0 Å². The number of aromatic nitrogens is 1. The molecule has 0 saturated heterocycles. The van der Waals surface area contributed by atoms with E-state index >= 15 is 0 Å². The van der Waals surface area contributed by atoms with Crippen LogP contribution in [0.2, 0.25) is 0 Å². The molecular weight excluding hydrogens is 212 g/mol. The van der Waals surface area contributed by atoms with Crippen molar-refractivity contribution in [1.82, 2.24) is 4.98 Å². The van der Waals surface area contributed by atoms with Gasteiger partial charge in [-0.1, -0.05) is 12.1 Å². The monoisotopic (exact) mass is 222 g/mol. The summed E-state index contributed by atoms with van der Waals surface area (Å²) in [5.41, 5.74) is 8.49. The first-order valence-corrected chi connectivity index (χ1v) is 5.03. The Bertz CT molecular complexity index is 579. The van der Waals surface area contributed by atoms with Crippen molar-refractivity contribution in [3.63, 3.8) is 0 Å². The van der Waals surface area contributed by atoms with Crippen LogP contribution in [0.5, 0.6) is 0 Å². The lowest BCUT2D eigenvalue weighted by atomic mass is 10.2. The number of pyridine rings is 1. The summed E-state index contributed by atoms with van der Waals surface area (Å²) in [6.45, 7) is 0. The molecule has 0 spiro atoms. The first-order valence-electron chi connectivity index (χ1n) is 5.03. The number of nitrogen functional groups attached to an aromatic ring is 1. The molecule has 0 atom stereocenters. The van der Waals surface area contributed by atoms with Crippen molar-refractivity contribution in [2.24, 2.45) is 4.99 Å². The van der Waals surface area contributed by atoms with Crippen molar-refractivity contribution in [2.75, 3.05) is 5.73 Å². The van der Waals surface area contributed by atoms with Gasteiger partial charge < -0.3 is 5.73 Å². The van der Waals surface area contributed by atoms with E-state index in [2.05, 4.69) is 16.0 Å². The Hall–Kier alpha value is -2.67. The van der Waals surface area contributed by atoms with Gasteiger partial charge in [0.15, 0.2) is 0 Å². The number of hydrogen-bond donors (Lipinski definition) is 1. The Kier molecular flexibility index (Phi) is 3.13. The number of hydrogen-bond acceptors (Lipinski definition) is 4. The molecule has 2 aromatic rings. The maximum atomic E-state index is 8.66. The van der Waals surface area contributed by atoms with E-state index in [1.165, 1.54) is 0 Å². The van der Waals surface area contributed by atoms with Crippen LogP contribution < -0.4 is 5.73 Å². The van der Waals surface area contributed by atoms with Crippen LogP contribution in [0.1, 0.15) is 11.1 Å². The fourth-order valence-corrected chi connectivity index (χ4v) is 1.29. The van der Waals surface area contributed by atoms with Crippen molar-refractivity contribution < 1.29 is 0 Å². The van der Waals surface area contributed by atoms with E-state index < -0.39 is 0 Å². The summed E-state index contributed by atoms with van der Waals surface area (Å²) in [6, 6.07) is 10.9. The fraction of sp³-hybridized carbons (Fsp3) is 0. The molecule has 0 aliphatic rings. The highest BCUT2D eigenvalue weighted by molar-refractivity contribution is 5.83. The van der Waals surface area contributed by atoms with E-state index in [1.54, 1.807) is 36.8 Å². The molecule has 2 rings (SSSR count). The van der Waals surface area contributed by atoms with Crippen LogP contribution in [0.25, 0.3) is 0 Å². The van der Waals surface area contributed by atoms with Gasteiger partial charge in [-0.05, 0) is 23.8 Å². The highest BCUT2D eigenvalue weighted by Gasteiger charge is 1.94. The Morgan fingerprint density at radius 2 is 2.00 bits per heavy atom. The van der Waals surface area contributed by atoms with Gasteiger partial charge in [0.25, 0.3) is 0 Å². The third-order valence-corrected chi connectivity index (χ3v) is 2.23. The SMILES string of the molecule is N#Cc1ccc(C=Nc2cnccc2N)cc1. The molecule has 82 valence electrons. The minimum Gasteiger partial charge on any atom is -0.397 e. The maximum Gasteiger partial charge on any atom is 0.104 e. The molecule has 2 N–H and O–H groups in total. The molecule has 0 fully saturated rings. The maximum absolute atomic E-state index is 8.66. The van der Waals surface area contributed by atoms with E-state index in [0.717, 1.165) is 5.56 Å². The zero-order valence-electron chi connectivity index (χ0n) is 9.04. The summed E-state index contributed by atoms with van der Waals surface area (Å²) < 4.78 is 0. The summed E-state index contributed by atoms with van der Waals surface area (Å²) in [7, 11) is 0. The second-order valence-electron chi connectivity index (χ2n) is 3.43. The van der Waals surface area contributed by atoms with Crippen molar-refractivity contribution in [3.8, 4) is 6.07 Å². The van der Waals surface area contributed by atoms with E-state index in [4.69, 9.17) is 11.0 Å². The van der Waals surface area contributed by atoms with Crippen LogP contribution in [0, 0.1) is 11.3 Å². The molecule has 0 bridgehead atoms. The average molecular weight is 222 g/mol. The van der Waals surface area contributed by atoms with Gasteiger partial charge in [0.05, 0.1) is 23.5 Å². The first kappa shape index (κ1) is 10.8. The summed E-state index contributed by atoms with van der Waals surface area (Å²) in [5.74, 6) is 0. The number of nitrogens with two attached hydrogens (primary N) is 1. The number of nitriles is 1. The Morgan fingerprint density at radius 3 is 2.65 bits per heavy atom. The quantitative estimate of drug-likeness (QED) is 0.792. The number of anilines is 1. The number of aliphatic imine (C=N–C) groups is 1. The lowest BCUT2D eigenvalue weighted by Gasteiger charge is -1.97. The van der Waals surface area contributed by atoms with Gasteiger partial charge in [-0.15, -0.1) is 0 Å². The largest absolute Gasteiger partial charge is 0.397 e. The summed E-state index contributed by atoms with van der Waals surface area (Å²) in [5, 5.41) is 8.66. The normalized spacial score (nSPS) is 10.3. The number of benzene rings is 1. The van der Waals surface area contributed by atoms with Crippen LogP contribution >= 0.6 is 0 Å². The number of rotatable bonds is 2. The standard InChI is InChI=1S/C13H10N4/c14-7-10-1-3-11(4-2-10)8-17-13-9-16-6-5-12(13)15/h1-6,8-9H,(H2,15,16). The highest BCUT2D eigenvalue weighted by atomic mass is 14.8. The van der Waals surface area contributed by atoms with Crippen LogP contribution in [0.3, 0.4) is 0 Å². The highest BCUT2D eigenvalue weighted by Crippen LogP contribution is 2.18. The molecule has 0 amide bonds. The minimum atomic E-state index is 0.588. The molecule has 0 aliphatic carbocycles. The van der Waals surface area contributed by atoms with Crippen LogP contribution in [-0.2, 0) is 0 Å². The molecule has 0 aliphatic heterocycles. The van der Waals surface area contributed by atoms with Crippen molar-refractivity contribution in [3.05, 3.63) is 53.9 Å². The molecule has 17 heavy (non-hydrogen) atoms. The van der Waals surface area contributed by atoms with E-state index in [0.29, 0.717) is 16.9 Å². The third-order valence-electron chi connectivity index (χ3n) is 2.23. The predicted octanol–water partition coefficient (Wildman–Crippen LogP) is 2.29. The first-order chi connectivity index (χ1) is 8.29. The zero-order chi connectivity index (χ0) is 12.1. The van der Waals surface area contributed by atoms with Gasteiger partial charge in [-0.25, -0.2) is 0 Å². The zero-order valence-corrected chi connectivity index (χ0v) is 9.04. The van der Waals surface area contributed by atoms with Gasteiger partial charge in [0.1, 0.15) is 5.69 Å². The molecule has 0 saturated carbocycles. The minimum absolute atomic E-state index is 0.588. The van der Waals surface area contributed by atoms with Crippen molar-refractivity contribution in [1.29, 1.82) is 5.26 Å². The second-order valence-corrected chi connectivity index (χ2v) is 3.43. The Balaban J connectivity index is 2.21. The van der Waals surface area contributed by atoms with E-state index in [1.807, 2.05) is 12.1 Å². The van der Waals surface area contributed by atoms with Crippen LogP contribution in [0.4, 0.5) is 11.4 Å². The summed E-state index contributed by atoms with van der Waals surface area (Å²) in [4.78, 5) is 8.18. The molecular formula is C13H10N4. The van der Waals surface area contributed by atoms with Gasteiger partial charge in [-0.3, -0.25) is 9.98 Å². The molecule has 0 unspecified atom stereocenters. The fourth-order valence-electron chi connectivity index (χ4n) is 1.29. The second kappa shape index (κ2) is 4.90. The molecule has 1 aromatic carbocycles. The van der Waals surface area contributed by atoms with E-state index in [-0.39, 0.29) is 0 Å². The summed E-state index contributed by atoms with van der Waals surface area (Å²) in [6.07, 6.45) is 4.92. The molecule has 1 aromatic heterocycles. The molecule has 4 heteroatoms. The lowest BCUT2D eigenvalue weighted by molar-refractivity contribution is 1.31. The summed E-state index contributed by atoms with van der Waals surface area (Å²) >= 11 is 0. The molecule has 1 heterocycles. The van der Waals surface area contributed by atoms with Crippen LogP contribution in [0.15, 0.2) is 47.7 Å². The van der Waals surface area contributed by atoms with Gasteiger partial charge in [-0.2, -0.15) is 5.26 Å².